The van der Waals surface area contributed by atoms with E-state index in [4.69, 9.17) is 4.74 Å². The van der Waals surface area contributed by atoms with Gasteiger partial charge in [0.1, 0.15) is 5.69 Å². The predicted octanol–water partition coefficient (Wildman–Crippen LogP) is 4.27. The van der Waals surface area contributed by atoms with Gasteiger partial charge in [0.05, 0.1) is 17.2 Å². The molecule has 3 rings (SSSR count). The molecule has 0 radical (unpaired) electrons. The molecule has 0 bridgehead atoms. The Morgan fingerprint density at radius 2 is 2.08 bits per heavy atom. The molecule has 1 fully saturated rings. The number of hydrogen-bond donors (Lipinski definition) is 1. The highest BCUT2D eigenvalue weighted by Gasteiger charge is 2.22. The second kappa shape index (κ2) is 7.70. The molecule has 4 nitrogen and oxygen atoms in total. The molecular formula is C19H25BrN2O2. The topological polar surface area (TPSA) is 43.3 Å². The zero-order valence-corrected chi connectivity index (χ0v) is 15.9. The van der Waals surface area contributed by atoms with Crippen LogP contribution in [-0.4, -0.2) is 29.7 Å². The van der Waals surface area contributed by atoms with Gasteiger partial charge in [-0.1, -0.05) is 38.0 Å². The van der Waals surface area contributed by atoms with Crippen LogP contribution in [-0.2, 0) is 11.8 Å². The number of para-hydroxylation sites is 1. The molecule has 0 aliphatic heterocycles. The van der Waals surface area contributed by atoms with Crippen molar-refractivity contribution in [3.63, 3.8) is 0 Å². The number of carbonyl (C=O) groups is 1. The summed E-state index contributed by atoms with van der Waals surface area (Å²) in [6, 6.07) is 8.00. The van der Waals surface area contributed by atoms with Crippen molar-refractivity contribution in [1.82, 2.24) is 9.88 Å². The molecule has 1 heterocycles. The smallest absolute Gasteiger partial charge is 0.269 e. The highest BCUT2D eigenvalue weighted by molar-refractivity contribution is 9.10. The Labute approximate surface area is 151 Å². The van der Waals surface area contributed by atoms with E-state index in [9.17, 15) is 4.79 Å². The number of nitrogens with one attached hydrogen (secondary N) is 1. The van der Waals surface area contributed by atoms with Crippen LogP contribution in [0.5, 0.6) is 0 Å². The summed E-state index contributed by atoms with van der Waals surface area (Å²) in [6.07, 6.45) is 5.31. The third kappa shape index (κ3) is 3.52. The van der Waals surface area contributed by atoms with E-state index in [-0.39, 0.29) is 5.91 Å². The number of benzene rings is 1. The van der Waals surface area contributed by atoms with Crippen LogP contribution in [0.3, 0.4) is 0 Å². The molecular weight excluding hydrogens is 368 g/mol. The first-order valence-electron chi connectivity index (χ1n) is 8.72. The summed E-state index contributed by atoms with van der Waals surface area (Å²) in [7, 11) is 1.92. The van der Waals surface area contributed by atoms with Gasteiger partial charge in [0.2, 0.25) is 0 Å². The largest absolute Gasteiger partial charge is 0.376 e. The fourth-order valence-electron chi connectivity index (χ4n) is 3.59. The van der Waals surface area contributed by atoms with Crippen LogP contribution in [0.4, 0.5) is 0 Å². The van der Waals surface area contributed by atoms with Gasteiger partial charge in [0.15, 0.2) is 0 Å². The van der Waals surface area contributed by atoms with Gasteiger partial charge in [-0.25, -0.2) is 0 Å². The first kappa shape index (κ1) is 17.5. The minimum absolute atomic E-state index is 0.0686. The van der Waals surface area contributed by atoms with Crippen LogP contribution in [0.15, 0.2) is 28.7 Å². The molecule has 1 amide bonds. The maximum absolute atomic E-state index is 12.6. The number of aromatic nitrogens is 1. The van der Waals surface area contributed by atoms with Gasteiger partial charge < -0.3 is 14.6 Å². The number of hydrogen-bond acceptors (Lipinski definition) is 2. The molecule has 2 aromatic rings. The summed E-state index contributed by atoms with van der Waals surface area (Å²) in [4.78, 5) is 12.6. The summed E-state index contributed by atoms with van der Waals surface area (Å²) >= 11 is 3.57. The number of nitrogens with zero attached hydrogens (tertiary/aromatic N) is 1. The number of amides is 1. The number of halogens is 1. The highest BCUT2D eigenvalue weighted by atomic mass is 79.9. The molecule has 1 saturated carbocycles. The zero-order valence-electron chi connectivity index (χ0n) is 14.3. The summed E-state index contributed by atoms with van der Waals surface area (Å²) in [5.74, 6) is 0.558. The number of ether oxygens (including phenoxy) is 1. The van der Waals surface area contributed by atoms with E-state index in [0.717, 1.165) is 21.8 Å². The molecule has 0 unspecified atom stereocenters. The summed E-state index contributed by atoms with van der Waals surface area (Å²) < 4.78 is 8.74. The molecule has 1 aromatic carbocycles. The monoisotopic (exact) mass is 392 g/mol. The van der Waals surface area contributed by atoms with Crippen molar-refractivity contribution in [3.05, 3.63) is 34.4 Å². The second-order valence-corrected chi connectivity index (χ2v) is 7.46. The predicted molar refractivity (Wildman–Crippen MR) is 100 cm³/mol. The Balaban J connectivity index is 1.58. The summed E-state index contributed by atoms with van der Waals surface area (Å²) in [5.41, 5.74) is 1.70. The van der Waals surface area contributed by atoms with E-state index in [1.807, 2.05) is 35.9 Å². The van der Waals surface area contributed by atoms with Gasteiger partial charge in [-0.15, -0.1) is 0 Å². The van der Waals surface area contributed by atoms with E-state index >= 15 is 0 Å². The normalized spacial score (nSPS) is 21.1. The van der Waals surface area contributed by atoms with Crippen molar-refractivity contribution >= 4 is 32.7 Å². The van der Waals surface area contributed by atoms with E-state index in [0.29, 0.717) is 30.9 Å². The maximum atomic E-state index is 12.6. The molecule has 130 valence electrons. The Kier molecular flexibility index (Phi) is 5.61. The van der Waals surface area contributed by atoms with Crippen LogP contribution in [0.1, 0.15) is 43.1 Å². The maximum Gasteiger partial charge on any atom is 0.269 e. The average Bonchev–Trinajstić information content (AvgIpc) is 2.84. The molecule has 1 N–H and O–H groups in total. The van der Waals surface area contributed by atoms with Crippen LogP contribution in [0.2, 0.25) is 0 Å². The highest BCUT2D eigenvalue weighted by Crippen LogP contribution is 2.30. The molecule has 1 aliphatic carbocycles. The Bertz CT molecular complexity index is 686. The van der Waals surface area contributed by atoms with E-state index in [2.05, 4.69) is 28.2 Å². The van der Waals surface area contributed by atoms with Crippen LogP contribution < -0.4 is 5.32 Å². The lowest BCUT2D eigenvalue weighted by molar-refractivity contribution is -0.00296. The van der Waals surface area contributed by atoms with Gasteiger partial charge >= 0.3 is 0 Å². The van der Waals surface area contributed by atoms with Gasteiger partial charge in [-0.2, -0.15) is 0 Å². The second-order valence-electron chi connectivity index (χ2n) is 6.67. The number of aryl methyl sites for hydroxylation is 1. The van der Waals surface area contributed by atoms with Crippen LogP contribution in [0.25, 0.3) is 10.9 Å². The summed E-state index contributed by atoms with van der Waals surface area (Å²) in [5, 5.41) is 4.03. The van der Waals surface area contributed by atoms with E-state index in [1.165, 1.54) is 19.3 Å². The lowest BCUT2D eigenvalue weighted by Crippen LogP contribution is -2.32. The number of fused-ring (bicyclic) bond motifs is 1. The third-order valence-corrected chi connectivity index (χ3v) is 5.82. The molecule has 0 saturated heterocycles. The lowest BCUT2D eigenvalue weighted by Gasteiger charge is -2.28. The van der Waals surface area contributed by atoms with Crippen molar-refractivity contribution < 1.29 is 9.53 Å². The van der Waals surface area contributed by atoms with Crippen molar-refractivity contribution in [2.75, 3.05) is 13.2 Å². The number of rotatable bonds is 5. The molecule has 0 spiro atoms. The third-order valence-electron chi connectivity index (χ3n) is 5.01. The van der Waals surface area contributed by atoms with Crippen molar-refractivity contribution in [2.24, 2.45) is 13.0 Å². The van der Waals surface area contributed by atoms with Gasteiger partial charge in [0.25, 0.3) is 5.91 Å². The molecule has 2 atom stereocenters. The fourth-order valence-corrected chi connectivity index (χ4v) is 4.37. The SMILES string of the molecule is C[C@H]1CCCC[C@@H]1OCCNC(=O)c1c(Br)c2ccccc2n1C. The van der Waals surface area contributed by atoms with Crippen LogP contribution >= 0.6 is 15.9 Å². The van der Waals surface area contributed by atoms with E-state index < -0.39 is 0 Å². The van der Waals surface area contributed by atoms with Crippen molar-refractivity contribution in [3.8, 4) is 0 Å². The van der Waals surface area contributed by atoms with Gasteiger partial charge in [-0.3, -0.25) is 4.79 Å². The van der Waals surface area contributed by atoms with Crippen molar-refractivity contribution in [2.45, 2.75) is 38.7 Å². The van der Waals surface area contributed by atoms with Crippen LogP contribution in [0, 0.1) is 5.92 Å². The Hall–Kier alpha value is -1.33. The average molecular weight is 393 g/mol. The first-order valence-corrected chi connectivity index (χ1v) is 9.51. The summed E-state index contributed by atoms with van der Waals surface area (Å²) in [6.45, 7) is 3.37. The fraction of sp³-hybridized carbons (Fsp3) is 0.526. The van der Waals surface area contributed by atoms with Gasteiger partial charge in [-0.05, 0) is 40.8 Å². The van der Waals surface area contributed by atoms with Crippen molar-refractivity contribution in [1.29, 1.82) is 0 Å². The first-order chi connectivity index (χ1) is 11.6. The Morgan fingerprint density at radius 3 is 2.83 bits per heavy atom. The molecule has 5 heteroatoms. The molecule has 1 aromatic heterocycles. The standard InChI is InChI=1S/C19H25BrN2O2/c1-13-7-3-6-10-16(13)24-12-11-21-19(23)18-17(20)14-8-4-5-9-15(14)22(18)2/h4-5,8-9,13,16H,3,6-7,10-12H2,1-2H3,(H,21,23)/t13-,16-/m0/s1. The van der Waals surface area contributed by atoms with Gasteiger partial charge in [0, 0.05) is 24.5 Å². The van der Waals surface area contributed by atoms with E-state index in [1.54, 1.807) is 0 Å². The number of carbonyl (C=O) groups excluding carboxylic acids is 1. The minimum Gasteiger partial charge on any atom is -0.376 e. The lowest BCUT2D eigenvalue weighted by atomic mass is 9.88. The molecule has 24 heavy (non-hydrogen) atoms. The molecule has 1 aliphatic rings. The quantitative estimate of drug-likeness (QED) is 0.772. The Morgan fingerprint density at radius 1 is 1.33 bits per heavy atom. The zero-order chi connectivity index (χ0) is 17.1. The minimum atomic E-state index is -0.0686.